The molecule has 0 saturated heterocycles. The molecule has 0 atom stereocenters. The van der Waals surface area contributed by atoms with Crippen molar-refractivity contribution in [2.75, 3.05) is 13.7 Å². The molecule has 2 rings (SSSR count). The van der Waals surface area contributed by atoms with E-state index in [0.717, 1.165) is 31.9 Å². The normalized spacial score (nSPS) is 13.8. The van der Waals surface area contributed by atoms with E-state index in [4.69, 9.17) is 4.74 Å². The molecule has 1 aliphatic heterocycles. The molecule has 0 aromatic carbocycles. The Hall–Kier alpha value is -1.03. The van der Waals surface area contributed by atoms with Crippen molar-refractivity contribution in [3.05, 3.63) is 11.8 Å². The zero-order valence-electron chi connectivity index (χ0n) is 8.29. The van der Waals surface area contributed by atoms with Gasteiger partial charge in [-0.25, -0.2) is 4.68 Å². The lowest BCUT2D eigenvalue weighted by Gasteiger charge is -2.15. The van der Waals surface area contributed by atoms with Gasteiger partial charge in [-0.05, 0) is 13.5 Å². The Morgan fingerprint density at radius 3 is 3.08 bits per heavy atom. The van der Waals surface area contributed by atoms with E-state index in [1.807, 2.05) is 10.9 Å². The van der Waals surface area contributed by atoms with Gasteiger partial charge < -0.3 is 10.5 Å². The van der Waals surface area contributed by atoms with E-state index in [9.17, 15) is 0 Å². The molecule has 0 spiro atoms. The highest BCUT2D eigenvalue weighted by atomic mass is 16.5. The minimum Gasteiger partial charge on any atom is -0.478 e. The number of hydrogen-bond acceptors (Lipinski definition) is 3. The van der Waals surface area contributed by atoms with Gasteiger partial charge in [0.1, 0.15) is 0 Å². The molecule has 0 aliphatic carbocycles. The molecule has 74 valence electrons. The van der Waals surface area contributed by atoms with E-state index in [-0.39, 0.29) is 0 Å². The smallest absolute Gasteiger partial charge is 0.214 e. The highest BCUT2D eigenvalue weighted by molar-refractivity contribution is 5.24. The number of rotatable bonds is 1. The van der Waals surface area contributed by atoms with Gasteiger partial charge in [0.15, 0.2) is 0 Å². The summed E-state index contributed by atoms with van der Waals surface area (Å²) in [5, 5.41) is 4.22. The molecule has 2 N–H and O–H groups in total. The minimum absolute atomic E-state index is 0.846. The van der Waals surface area contributed by atoms with Crippen LogP contribution >= 0.6 is 0 Å². The topological polar surface area (TPSA) is 53.1 Å². The van der Waals surface area contributed by atoms with E-state index in [1.54, 1.807) is 0 Å². The van der Waals surface area contributed by atoms with Crippen molar-refractivity contribution in [1.82, 2.24) is 9.78 Å². The van der Waals surface area contributed by atoms with Gasteiger partial charge in [0.2, 0.25) is 5.88 Å². The van der Waals surface area contributed by atoms with E-state index >= 15 is 0 Å². The Balaban J connectivity index is 0.000000396. The first kappa shape index (κ1) is 10.1. The molecular weight excluding hydrogens is 166 g/mol. The second kappa shape index (κ2) is 4.87. The highest BCUT2D eigenvalue weighted by Gasteiger charge is 2.13. The molecule has 0 unspecified atom stereocenters. The molecule has 13 heavy (non-hydrogen) atoms. The summed E-state index contributed by atoms with van der Waals surface area (Å²) in [6, 6.07) is 0. The van der Waals surface area contributed by atoms with Crippen molar-refractivity contribution in [2.45, 2.75) is 26.3 Å². The van der Waals surface area contributed by atoms with E-state index < -0.39 is 0 Å². The van der Waals surface area contributed by atoms with Crippen LogP contribution in [0.4, 0.5) is 0 Å². The third-order valence-corrected chi connectivity index (χ3v) is 2.00. The van der Waals surface area contributed by atoms with Gasteiger partial charge >= 0.3 is 0 Å². The van der Waals surface area contributed by atoms with Gasteiger partial charge in [-0.3, -0.25) is 0 Å². The van der Waals surface area contributed by atoms with E-state index in [2.05, 4.69) is 17.8 Å². The average Bonchev–Trinajstić information content (AvgIpc) is 2.64. The summed E-state index contributed by atoms with van der Waals surface area (Å²) >= 11 is 0. The fourth-order valence-corrected chi connectivity index (χ4v) is 1.36. The molecule has 4 heteroatoms. The minimum atomic E-state index is 0.846. The second-order valence-electron chi connectivity index (χ2n) is 2.75. The van der Waals surface area contributed by atoms with Crippen LogP contribution in [0.3, 0.4) is 0 Å². The van der Waals surface area contributed by atoms with Gasteiger partial charge in [-0.15, -0.1) is 0 Å². The lowest BCUT2D eigenvalue weighted by molar-refractivity contribution is 0.228. The Kier molecular flexibility index (Phi) is 3.76. The quantitative estimate of drug-likeness (QED) is 0.700. The maximum Gasteiger partial charge on any atom is 0.214 e. The van der Waals surface area contributed by atoms with Gasteiger partial charge in [0.25, 0.3) is 0 Å². The molecule has 1 aromatic rings. The predicted molar refractivity (Wildman–Crippen MR) is 51.8 cm³/mol. The summed E-state index contributed by atoms with van der Waals surface area (Å²) < 4.78 is 7.43. The molecule has 0 fully saturated rings. The zero-order valence-corrected chi connectivity index (χ0v) is 8.29. The van der Waals surface area contributed by atoms with Gasteiger partial charge in [0, 0.05) is 18.5 Å². The summed E-state index contributed by atoms with van der Waals surface area (Å²) in [6.07, 6.45) is 3.99. The van der Waals surface area contributed by atoms with Crippen LogP contribution in [-0.4, -0.2) is 23.4 Å². The number of fused-ring (bicyclic) bond motifs is 1. The number of nitrogens with zero attached hydrogens (tertiary/aromatic N) is 2. The predicted octanol–water partition coefficient (Wildman–Crippen LogP) is 0.803. The van der Waals surface area contributed by atoms with Crippen LogP contribution < -0.4 is 10.5 Å². The van der Waals surface area contributed by atoms with Crippen molar-refractivity contribution in [1.29, 1.82) is 0 Å². The molecular formula is C9H17N3O. The lowest BCUT2D eigenvalue weighted by atomic mass is 10.2. The fraction of sp³-hybridized carbons (Fsp3) is 0.667. The Bertz CT molecular complexity index is 244. The maximum absolute atomic E-state index is 5.49. The van der Waals surface area contributed by atoms with Crippen LogP contribution in [-0.2, 0) is 13.0 Å². The van der Waals surface area contributed by atoms with Crippen LogP contribution in [0.15, 0.2) is 6.20 Å². The maximum atomic E-state index is 5.49. The molecule has 1 aromatic heterocycles. The average molecular weight is 183 g/mol. The van der Waals surface area contributed by atoms with Crippen molar-refractivity contribution in [2.24, 2.45) is 5.73 Å². The number of nitrogens with two attached hydrogens (primary N) is 1. The SMILES string of the molecule is CCc1cnn2c1OCCC2.CN. The lowest BCUT2D eigenvalue weighted by Crippen LogP contribution is -2.15. The fourth-order valence-electron chi connectivity index (χ4n) is 1.36. The van der Waals surface area contributed by atoms with Crippen LogP contribution in [0.2, 0.25) is 0 Å². The Labute approximate surface area is 78.7 Å². The Morgan fingerprint density at radius 1 is 1.62 bits per heavy atom. The van der Waals surface area contributed by atoms with Crippen molar-refractivity contribution < 1.29 is 4.74 Å². The molecule has 0 radical (unpaired) electrons. The standard InChI is InChI=1S/C8H12N2O.CH5N/c1-2-7-6-9-10-4-3-5-11-8(7)10;1-2/h6H,2-5H2,1H3;2H2,1H3. The second-order valence-corrected chi connectivity index (χ2v) is 2.75. The number of aryl methyl sites for hydroxylation is 2. The third kappa shape index (κ3) is 2.01. The van der Waals surface area contributed by atoms with Crippen LogP contribution in [0.5, 0.6) is 5.88 Å². The van der Waals surface area contributed by atoms with Crippen LogP contribution in [0.25, 0.3) is 0 Å². The Morgan fingerprint density at radius 2 is 2.38 bits per heavy atom. The van der Waals surface area contributed by atoms with Crippen molar-refractivity contribution in [3.63, 3.8) is 0 Å². The molecule has 0 bridgehead atoms. The van der Waals surface area contributed by atoms with Gasteiger partial charge in [-0.2, -0.15) is 5.10 Å². The van der Waals surface area contributed by atoms with E-state index in [0.29, 0.717) is 0 Å². The van der Waals surface area contributed by atoms with Gasteiger partial charge in [-0.1, -0.05) is 6.92 Å². The van der Waals surface area contributed by atoms with Crippen molar-refractivity contribution >= 4 is 0 Å². The van der Waals surface area contributed by atoms with Crippen LogP contribution in [0, 0.1) is 0 Å². The third-order valence-electron chi connectivity index (χ3n) is 2.00. The summed E-state index contributed by atoms with van der Waals surface area (Å²) in [7, 11) is 1.50. The zero-order chi connectivity index (χ0) is 9.68. The summed E-state index contributed by atoms with van der Waals surface area (Å²) in [6.45, 7) is 3.98. The largest absolute Gasteiger partial charge is 0.478 e. The van der Waals surface area contributed by atoms with Gasteiger partial charge in [0.05, 0.1) is 12.8 Å². The number of ether oxygens (including phenoxy) is 1. The molecule has 2 heterocycles. The first-order valence-corrected chi connectivity index (χ1v) is 4.67. The summed E-state index contributed by atoms with van der Waals surface area (Å²) in [5.74, 6) is 0.985. The number of hydrogen-bond donors (Lipinski definition) is 1. The van der Waals surface area contributed by atoms with Crippen LogP contribution in [0.1, 0.15) is 18.9 Å². The first-order chi connectivity index (χ1) is 6.42. The van der Waals surface area contributed by atoms with Crippen molar-refractivity contribution in [3.8, 4) is 5.88 Å². The summed E-state index contributed by atoms with van der Waals surface area (Å²) in [4.78, 5) is 0. The monoisotopic (exact) mass is 183 g/mol. The summed E-state index contributed by atoms with van der Waals surface area (Å²) in [5.41, 5.74) is 5.73. The molecule has 0 amide bonds. The number of aromatic nitrogens is 2. The molecule has 0 saturated carbocycles. The van der Waals surface area contributed by atoms with E-state index in [1.165, 1.54) is 12.6 Å². The molecule has 4 nitrogen and oxygen atoms in total. The highest BCUT2D eigenvalue weighted by Crippen LogP contribution is 2.21. The molecule has 1 aliphatic rings. The first-order valence-electron chi connectivity index (χ1n) is 4.67.